The maximum absolute atomic E-state index is 13.6. The molecule has 1 aliphatic rings. The number of halogens is 2. The molecule has 1 fully saturated rings. The maximum Gasteiger partial charge on any atom is 0.348 e. The number of hydrogen-bond donors (Lipinski definition) is 1. The van der Waals surface area contributed by atoms with Crippen molar-refractivity contribution in [3.8, 4) is 11.5 Å². The van der Waals surface area contributed by atoms with Crippen LogP contribution in [0, 0.1) is 0 Å². The summed E-state index contributed by atoms with van der Waals surface area (Å²) in [5.74, 6) is 0.222. The zero-order chi connectivity index (χ0) is 33.3. The average molecular weight is 717 g/mol. The second-order valence-corrected chi connectivity index (χ2v) is 13.3. The second-order valence-electron chi connectivity index (χ2n) is 11.3. The van der Waals surface area contributed by atoms with Gasteiger partial charge in [0.15, 0.2) is 23.9 Å². The molecule has 4 aromatic rings. The molecule has 3 N–H and O–H groups in total. The van der Waals surface area contributed by atoms with Crippen LogP contribution in [0.4, 0.5) is 0 Å². The van der Waals surface area contributed by atoms with Crippen LogP contribution < -0.4 is 19.8 Å². The molecule has 48 heavy (non-hydrogen) atoms. The number of likely N-dealkylation sites (tertiary alicyclic amines) is 1. The van der Waals surface area contributed by atoms with Crippen molar-refractivity contribution in [1.82, 2.24) is 10.2 Å². The van der Waals surface area contributed by atoms with E-state index in [9.17, 15) is 9.59 Å². The van der Waals surface area contributed by atoms with Gasteiger partial charge in [0.05, 0.1) is 14.2 Å². The van der Waals surface area contributed by atoms with Gasteiger partial charge in [-0.25, -0.2) is 14.6 Å². The molecule has 0 spiro atoms. The molecule has 0 radical (unpaired) electrons. The Balaban J connectivity index is 0.00000520. The van der Waals surface area contributed by atoms with Gasteiger partial charge in [-0.05, 0) is 61.8 Å². The monoisotopic (exact) mass is 715 g/mol. The van der Waals surface area contributed by atoms with Crippen LogP contribution in [-0.2, 0) is 27.2 Å². The summed E-state index contributed by atoms with van der Waals surface area (Å²) in [6.07, 6.45) is 4.43. The summed E-state index contributed by atoms with van der Waals surface area (Å²) in [5, 5.41) is 4.20. The molecule has 2 aromatic carbocycles. The molecule has 256 valence electrons. The number of methoxy groups -OCH3 is 2. The molecule has 0 amide bonds. The van der Waals surface area contributed by atoms with E-state index in [1.807, 2.05) is 49.5 Å². The van der Waals surface area contributed by atoms with E-state index in [-0.39, 0.29) is 24.0 Å². The molecule has 0 saturated carbocycles. The highest BCUT2D eigenvalue weighted by molar-refractivity contribution is 7.13. The number of ether oxygens (including phenoxy) is 4. The van der Waals surface area contributed by atoms with Crippen molar-refractivity contribution in [2.24, 2.45) is 0 Å². The molecular weight excluding hydrogens is 677 g/mol. The SMILES string of the molecule is COc1ccc([C@H](Cc2c(Cl)c[nH+]cc2Cl)OC(=O)c2ccc(CNC(C(=O)O[C@@H]3CCCN(C)C3)c3ccccc3)s2)cc1OC.[OH-]. The van der Waals surface area contributed by atoms with Crippen LogP contribution in [0.3, 0.4) is 0 Å². The van der Waals surface area contributed by atoms with Crippen molar-refractivity contribution in [3.05, 3.63) is 110 Å². The number of aromatic amines is 1. The van der Waals surface area contributed by atoms with Gasteiger partial charge in [-0.2, -0.15) is 0 Å². The minimum Gasteiger partial charge on any atom is -0.870 e. The van der Waals surface area contributed by atoms with E-state index >= 15 is 0 Å². The number of carbonyl (C=O) groups excluding carboxylic acids is 2. The Labute approximate surface area is 294 Å². The minimum atomic E-state index is -0.737. The molecule has 1 aliphatic heterocycles. The predicted molar refractivity (Wildman–Crippen MR) is 183 cm³/mol. The molecule has 0 bridgehead atoms. The van der Waals surface area contributed by atoms with Crippen LogP contribution in [-0.4, -0.2) is 62.8 Å². The Morgan fingerprint density at radius 3 is 2.42 bits per heavy atom. The van der Waals surface area contributed by atoms with Crippen molar-refractivity contribution in [2.75, 3.05) is 34.4 Å². The Morgan fingerprint density at radius 2 is 1.73 bits per heavy atom. The van der Waals surface area contributed by atoms with Crippen molar-refractivity contribution in [1.29, 1.82) is 0 Å². The minimum absolute atomic E-state index is 0. The number of nitrogens with one attached hydrogen (secondary N) is 2. The van der Waals surface area contributed by atoms with Crippen LogP contribution in [0.25, 0.3) is 0 Å². The van der Waals surface area contributed by atoms with Gasteiger partial charge in [0, 0.05) is 30.0 Å². The number of thiophene rings is 1. The third-order valence-electron chi connectivity index (χ3n) is 7.99. The third kappa shape index (κ3) is 9.46. The molecule has 5 rings (SSSR count). The number of likely N-dealkylation sites (N-methyl/N-ethyl adjacent to an activating group) is 1. The van der Waals surface area contributed by atoms with Crippen LogP contribution in [0.5, 0.6) is 11.5 Å². The molecule has 0 aliphatic carbocycles. The largest absolute Gasteiger partial charge is 0.870 e. The first-order chi connectivity index (χ1) is 22.7. The van der Waals surface area contributed by atoms with Crippen LogP contribution in [0.1, 0.15) is 56.2 Å². The van der Waals surface area contributed by atoms with Gasteiger partial charge in [-0.1, -0.05) is 59.6 Å². The first-order valence-electron chi connectivity index (χ1n) is 15.3. The Morgan fingerprint density at radius 1 is 1.00 bits per heavy atom. The summed E-state index contributed by atoms with van der Waals surface area (Å²) in [6.45, 7) is 2.07. The number of H-pyrrole nitrogens is 1. The smallest absolute Gasteiger partial charge is 0.348 e. The zero-order valence-electron chi connectivity index (χ0n) is 26.9. The van der Waals surface area contributed by atoms with Gasteiger partial charge >= 0.3 is 11.9 Å². The molecule has 3 heterocycles. The summed E-state index contributed by atoms with van der Waals surface area (Å²) in [6, 6.07) is 17.8. The lowest BCUT2D eigenvalue weighted by Gasteiger charge is -2.30. The van der Waals surface area contributed by atoms with E-state index in [1.54, 1.807) is 44.8 Å². The number of hydrogen-bond acceptors (Lipinski definition) is 10. The molecule has 10 nitrogen and oxygen atoms in total. The highest BCUT2D eigenvalue weighted by atomic mass is 35.5. The number of piperidine rings is 1. The fourth-order valence-corrected chi connectivity index (χ4v) is 6.91. The van der Waals surface area contributed by atoms with E-state index in [0.29, 0.717) is 44.1 Å². The fourth-order valence-electron chi connectivity index (χ4n) is 5.54. The van der Waals surface area contributed by atoms with Gasteiger partial charge in [0.25, 0.3) is 0 Å². The van der Waals surface area contributed by atoms with E-state index in [2.05, 4.69) is 15.2 Å². The number of nitrogens with zero attached hydrogens (tertiary/aromatic N) is 1. The van der Waals surface area contributed by atoms with Crippen LogP contribution in [0.2, 0.25) is 10.0 Å². The van der Waals surface area contributed by atoms with E-state index in [4.69, 9.17) is 42.1 Å². The highest BCUT2D eigenvalue weighted by Crippen LogP contribution is 2.36. The van der Waals surface area contributed by atoms with E-state index < -0.39 is 18.1 Å². The second kappa shape index (κ2) is 17.6. The number of esters is 2. The lowest BCUT2D eigenvalue weighted by Crippen LogP contribution is -2.40. The Hall–Kier alpha value is -3.71. The Bertz CT molecular complexity index is 1650. The van der Waals surface area contributed by atoms with E-state index in [0.717, 1.165) is 36.4 Å². The summed E-state index contributed by atoms with van der Waals surface area (Å²) >= 11 is 14.2. The van der Waals surface area contributed by atoms with Crippen molar-refractivity contribution >= 4 is 46.5 Å². The molecule has 3 atom stereocenters. The van der Waals surface area contributed by atoms with Crippen molar-refractivity contribution < 1.29 is 39.0 Å². The van der Waals surface area contributed by atoms with Crippen LogP contribution in [0.15, 0.2) is 73.1 Å². The molecule has 1 unspecified atom stereocenters. The molecule has 1 saturated heterocycles. The summed E-state index contributed by atoms with van der Waals surface area (Å²) < 4.78 is 22.9. The number of aromatic nitrogens is 1. The number of carbonyl (C=O) groups is 2. The molecular formula is C35H39Cl2N3O7S. The lowest BCUT2D eigenvalue weighted by atomic mass is 10.0. The fraction of sp³-hybridized carbons (Fsp3) is 0.343. The normalized spacial score (nSPS) is 15.9. The zero-order valence-corrected chi connectivity index (χ0v) is 29.2. The van der Waals surface area contributed by atoms with Crippen molar-refractivity contribution in [3.63, 3.8) is 0 Å². The van der Waals surface area contributed by atoms with Crippen LogP contribution >= 0.6 is 34.5 Å². The van der Waals surface area contributed by atoms with Gasteiger partial charge in [0.2, 0.25) is 0 Å². The standard InChI is InChI=1S/C35H37Cl2N3O6S.H2O/c1-40-15-7-10-24(21-40)45-35(42)33(22-8-5-4-6-9-22)39-18-25-12-14-32(47-25)34(41)46-30(17-26-27(36)19-38-20-28(26)37)23-11-13-29(43-2)31(16-23)44-3;/h4-6,8-9,11-14,16,19-20,24,30,33,39H,7,10,15,17-18,21H2,1-3H3;1H2/t24-,30+,33?;/m1./s1. The number of benzene rings is 2. The first-order valence-corrected chi connectivity index (χ1v) is 16.9. The highest BCUT2D eigenvalue weighted by Gasteiger charge is 2.28. The molecule has 13 heteroatoms. The first kappa shape index (κ1) is 37.1. The summed E-state index contributed by atoms with van der Waals surface area (Å²) in [7, 11) is 5.13. The van der Waals surface area contributed by atoms with Gasteiger partial charge in [0.1, 0.15) is 33.2 Å². The topological polar surface area (TPSA) is 130 Å². The lowest BCUT2D eigenvalue weighted by molar-refractivity contribution is -0.377. The van der Waals surface area contributed by atoms with Gasteiger partial charge in [-0.15, -0.1) is 11.3 Å². The van der Waals surface area contributed by atoms with Gasteiger partial charge in [-0.3, -0.25) is 5.32 Å². The predicted octanol–water partition coefficient (Wildman–Crippen LogP) is 6.32. The quantitative estimate of drug-likeness (QED) is 0.158. The average Bonchev–Trinajstić information content (AvgIpc) is 3.55. The maximum atomic E-state index is 13.6. The van der Waals surface area contributed by atoms with E-state index in [1.165, 1.54) is 11.3 Å². The molecule has 2 aromatic heterocycles. The third-order valence-corrected chi connectivity index (χ3v) is 9.73. The Kier molecular flexibility index (Phi) is 13.6. The summed E-state index contributed by atoms with van der Waals surface area (Å²) in [5.41, 5.74) is 2.13. The summed E-state index contributed by atoms with van der Waals surface area (Å²) in [4.78, 5) is 33.3. The van der Waals surface area contributed by atoms with Crippen molar-refractivity contribution in [2.45, 2.75) is 44.1 Å². The van der Waals surface area contributed by atoms with Gasteiger partial charge < -0.3 is 29.3 Å². The number of rotatable bonds is 13. The number of pyridine rings is 1.